The van der Waals surface area contributed by atoms with Gasteiger partial charge >= 0.3 is 0 Å². The Hall–Kier alpha value is -0.460. The Morgan fingerprint density at radius 3 is 2.14 bits per heavy atom. The molecule has 0 rings (SSSR count). The van der Waals surface area contributed by atoms with Gasteiger partial charge in [0.25, 0.3) is 0 Å². The van der Waals surface area contributed by atoms with Gasteiger partial charge in [0.2, 0.25) is 0 Å². The first kappa shape index (κ1) is 6.54. The lowest BCUT2D eigenvalue weighted by atomic mass is 10.2. The normalized spacial score (nSPS) is 9.14. The summed E-state index contributed by atoms with van der Waals surface area (Å²) in [6, 6.07) is 0. The minimum atomic E-state index is 0. The van der Waals surface area contributed by atoms with E-state index < -0.39 is 0 Å². The molecule has 44 valence electrons. The van der Waals surface area contributed by atoms with Crippen LogP contribution in [0.25, 0.3) is 0 Å². The average Bonchev–Trinajstić information content (AvgIpc) is 1.65. The highest BCUT2D eigenvalue weighted by Gasteiger charge is 1.92. The quantitative estimate of drug-likeness (QED) is 0.557. The highest BCUT2D eigenvalue weighted by molar-refractivity contribution is 4.92. The molecule has 0 radical (unpaired) electrons. The summed E-state index contributed by atoms with van der Waals surface area (Å²) in [4.78, 5) is 0. The number of hydrogen-bond donors (Lipinski definition) is 1. The van der Waals surface area contributed by atoms with Crippen molar-refractivity contribution in [2.75, 3.05) is 7.05 Å². The Labute approximate surface area is 46.9 Å². The van der Waals surface area contributed by atoms with Crippen LogP contribution in [0.2, 0.25) is 0 Å². The monoisotopic (exact) mass is 101 g/mol. The maximum atomic E-state index is 3.76. The Morgan fingerprint density at radius 2 is 2.14 bits per heavy atom. The van der Waals surface area contributed by atoms with Crippen molar-refractivity contribution >= 4 is 0 Å². The van der Waals surface area contributed by atoms with Crippen molar-refractivity contribution in [3.63, 3.8) is 0 Å². The summed E-state index contributed by atoms with van der Waals surface area (Å²) in [5, 5.41) is 2.97. The number of allylic oxidation sites excluding steroid dienone is 1. The van der Waals surface area contributed by atoms with Gasteiger partial charge in [-0.25, -0.2) is 0 Å². The van der Waals surface area contributed by atoms with E-state index in [1.54, 1.807) is 0 Å². The first-order chi connectivity index (χ1) is 3.18. The molecule has 0 saturated heterocycles. The van der Waals surface area contributed by atoms with E-state index in [9.17, 15) is 0 Å². The summed E-state index contributed by atoms with van der Waals surface area (Å²) in [6.07, 6.45) is 0. The van der Waals surface area contributed by atoms with Crippen LogP contribution in [0.15, 0.2) is 12.3 Å². The predicted molar refractivity (Wildman–Crippen MR) is 35.2 cm³/mol. The van der Waals surface area contributed by atoms with Gasteiger partial charge in [0.15, 0.2) is 0 Å². The zero-order valence-electron chi connectivity index (χ0n) is 5.28. The van der Waals surface area contributed by atoms with Gasteiger partial charge < -0.3 is 5.32 Å². The molecule has 7 heavy (non-hydrogen) atoms. The van der Waals surface area contributed by atoms with Crippen LogP contribution < -0.4 is 5.32 Å². The van der Waals surface area contributed by atoms with Crippen LogP contribution in [0, 0.1) is 5.92 Å². The highest BCUT2D eigenvalue weighted by atomic mass is 14.8. The van der Waals surface area contributed by atoms with Crippen molar-refractivity contribution in [2.45, 2.75) is 13.8 Å². The van der Waals surface area contributed by atoms with Crippen molar-refractivity contribution < 1.29 is 1.43 Å². The Bertz CT molecular complexity index is 68.9. The predicted octanol–water partition coefficient (Wildman–Crippen LogP) is 1.62. The van der Waals surface area contributed by atoms with Crippen LogP contribution in [-0.2, 0) is 0 Å². The van der Waals surface area contributed by atoms with E-state index >= 15 is 0 Å². The van der Waals surface area contributed by atoms with Crippen LogP contribution in [0.4, 0.5) is 0 Å². The third-order valence-electron chi connectivity index (χ3n) is 1.02. The van der Waals surface area contributed by atoms with E-state index in [4.69, 9.17) is 0 Å². The second-order valence-electron chi connectivity index (χ2n) is 1.93. The molecule has 0 saturated carbocycles. The van der Waals surface area contributed by atoms with Crippen molar-refractivity contribution in [3.05, 3.63) is 12.3 Å². The molecule has 0 aliphatic heterocycles. The molecule has 0 aromatic heterocycles. The minimum Gasteiger partial charge on any atom is -0.392 e. The van der Waals surface area contributed by atoms with Gasteiger partial charge in [-0.2, -0.15) is 0 Å². The van der Waals surface area contributed by atoms with E-state index in [1.807, 2.05) is 7.05 Å². The molecule has 0 aliphatic carbocycles. The van der Waals surface area contributed by atoms with E-state index in [0.29, 0.717) is 5.92 Å². The molecule has 0 spiro atoms. The second kappa shape index (κ2) is 2.67. The van der Waals surface area contributed by atoms with Gasteiger partial charge in [-0.05, 0) is 5.92 Å². The number of rotatable bonds is 2. The fraction of sp³-hybridized carbons (Fsp3) is 0.667. The Kier molecular flexibility index (Phi) is 2.49. The van der Waals surface area contributed by atoms with E-state index in [1.165, 1.54) is 0 Å². The lowest BCUT2D eigenvalue weighted by molar-refractivity contribution is 0.704. The van der Waals surface area contributed by atoms with Crippen LogP contribution >= 0.6 is 0 Å². The lowest BCUT2D eigenvalue weighted by Gasteiger charge is -2.05. The average molecular weight is 101 g/mol. The van der Waals surface area contributed by atoms with E-state index in [-0.39, 0.29) is 1.43 Å². The van der Waals surface area contributed by atoms with Crippen molar-refractivity contribution in [3.8, 4) is 0 Å². The van der Waals surface area contributed by atoms with Gasteiger partial charge in [-0.1, -0.05) is 20.4 Å². The fourth-order valence-electron chi connectivity index (χ4n) is 0.289. The Balaban J connectivity index is 0. The third-order valence-corrected chi connectivity index (χ3v) is 1.02. The second-order valence-corrected chi connectivity index (χ2v) is 1.93. The summed E-state index contributed by atoms with van der Waals surface area (Å²) in [5.74, 6) is 0.560. The van der Waals surface area contributed by atoms with Gasteiger partial charge in [0.1, 0.15) is 0 Å². The van der Waals surface area contributed by atoms with Crippen LogP contribution in [0.3, 0.4) is 0 Å². The maximum absolute atomic E-state index is 3.76. The number of nitrogens with one attached hydrogen (secondary N) is 1. The van der Waals surface area contributed by atoms with Crippen LogP contribution in [-0.4, -0.2) is 7.05 Å². The summed E-state index contributed by atoms with van der Waals surface area (Å²) >= 11 is 0. The van der Waals surface area contributed by atoms with Gasteiger partial charge in [-0.3, -0.25) is 0 Å². The third kappa shape index (κ3) is 2.26. The molecule has 0 heterocycles. The zero-order valence-corrected chi connectivity index (χ0v) is 5.28. The SMILES string of the molecule is C=C(NC)C(C)C.[HH]. The smallest absolute Gasteiger partial charge is 0.00570 e. The van der Waals surface area contributed by atoms with Crippen molar-refractivity contribution in [1.82, 2.24) is 5.32 Å². The highest BCUT2D eigenvalue weighted by Crippen LogP contribution is 1.99. The molecule has 1 N–H and O–H groups in total. The van der Waals surface area contributed by atoms with Crippen LogP contribution in [0.1, 0.15) is 15.3 Å². The Morgan fingerprint density at radius 1 is 1.71 bits per heavy atom. The summed E-state index contributed by atoms with van der Waals surface area (Å²) in [6.45, 7) is 7.98. The van der Waals surface area contributed by atoms with Crippen LogP contribution in [0.5, 0.6) is 0 Å². The summed E-state index contributed by atoms with van der Waals surface area (Å²) in [5.41, 5.74) is 1.10. The van der Waals surface area contributed by atoms with E-state index in [0.717, 1.165) is 5.70 Å². The van der Waals surface area contributed by atoms with Gasteiger partial charge in [0, 0.05) is 14.2 Å². The van der Waals surface area contributed by atoms with Gasteiger partial charge in [-0.15, -0.1) is 0 Å². The lowest BCUT2D eigenvalue weighted by Crippen LogP contribution is -2.09. The maximum Gasteiger partial charge on any atom is 0.00570 e. The topological polar surface area (TPSA) is 12.0 Å². The zero-order chi connectivity index (χ0) is 5.86. The fourth-order valence-corrected chi connectivity index (χ4v) is 0.289. The first-order valence-corrected chi connectivity index (χ1v) is 2.55. The molecule has 0 aromatic rings. The molecule has 1 nitrogen and oxygen atoms in total. The molecule has 0 amide bonds. The largest absolute Gasteiger partial charge is 0.392 e. The molecular formula is C6H15N. The van der Waals surface area contributed by atoms with Gasteiger partial charge in [0.05, 0.1) is 0 Å². The molecule has 0 bridgehead atoms. The number of hydrogen-bond acceptors (Lipinski definition) is 1. The summed E-state index contributed by atoms with van der Waals surface area (Å²) in [7, 11) is 1.89. The standard InChI is InChI=1S/C6H13N.H2/c1-5(2)6(3)7-4;/h5,7H,3H2,1-2,4H3;1H. The van der Waals surface area contributed by atoms with Crippen molar-refractivity contribution in [2.24, 2.45) is 5.92 Å². The minimum absolute atomic E-state index is 0. The molecular weight excluding hydrogens is 86.1 g/mol. The molecule has 0 atom stereocenters. The summed E-state index contributed by atoms with van der Waals surface area (Å²) < 4.78 is 0. The molecule has 0 fully saturated rings. The first-order valence-electron chi connectivity index (χ1n) is 2.55. The van der Waals surface area contributed by atoms with E-state index in [2.05, 4.69) is 25.7 Å². The molecule has 0 aromatic carbocycles. The molecule has 1 heteroatoms. The van der Waals surface area contributed by atoms with Crippen molar-refractivity contribution in [1.29, 1.82) is 0 Å². The molecule has 0 aliphatic rings. The molecule has 0 unspecified atom stereocenters.